The van der Waals surface area contributed by atoms with Crippen LogP contribution in [0.2, 0.25) is 0 Å². The van der Waals surface area contributed by atoms with E-state index < -0.39 is 0 Å². The van der Waals surface area contributed by atoms with Gasteiger partial charge in [-0.25, -0.2) is 0 Å². The maximum Gasteiger partial charge on any atom is 0.0477 e. The second kappa shape index (κ2) is 5.84. The minimum absolute atomic E-state index is 0.726. The zero-order chi connectivity index (χ0) is 7.94. The van der Waals surface area contributed by atoms with Crippen LogP contribution in [-0.4, -0.2) is 19.1 Å². The predicted molar refractivity (Wildman–Crippen MR) is 48.1 cm³/mol. The molecule has 0 aromatic rings. The summed E-state index contributed by atoms with van der Waals surface area (Å²) >= 11 is 5.50. The molecule has 0 aliphatic heterocycles. The molecule has 0 radical (unpaired) electrons. The van der Waals surface area contributed by atoms with Gasteiger partial charge in [0.2, 0.25) is 0 Å². The van der Waals surface area contributed by atoms with Crippen molar-refractivity contribution in [1.82, 2.24) is 0 Å². The fourth-order valence-electron chi connectivity index (χ4n) is 1.29. The van der Waals surface area contributed by atoms with Crippen LogP contribution in [0.4, 0.5) is 0 Å². The van der Waals surface area contributed by atoms with Crippen molar-refractivity contribution in [2.24, 2.45) is 5.92 Å². The van der Waals surface area contributed by atoms with Crippen LogP contribution in [0.1, 0.15) is 32.1 Å². The van der Waals surface area contributed by atoms with Crippen molar-refractivity contribution in [3.05, 3.63) is 0 Å². The zero-order valence-corrected chi connectivity index (χ0v) is 7.78. The molecule has 0 amide bonds. The molecule has 1 saturated carbocycles. The molecule has 1 aliphatic carbocycles. The van der Waals surface area contributed by atoms with E-state index in [0.717, 1.165) is 31.4 Å². The van der Waals surface area contributed by atoms with Gasteiger partial charge in [0.25, 0.3) is 0 Å². The van der Waals surface area contributed by atoms with Crippen molar-refractivity contribution < 1.29 is 4.74 Å². The Labute approximate surface area is 74.1 Å². The van der Waals surface area contributed by atoms with Gasteiger partial charge in [0.15, 0.2) is 0 Å². The Bertz CT molecular complexity index is 91.6. The monoisotopic (exact) mass is 176 g/mol. The zero-order valence-electron chi connectivity index (χ0n) is 7.02. The Kier molecular flexibility index (Phi) is 4.96. The Morgan fingerprint density at radius 2 is 2.09 bits per heavy atom. The van der Waals surface area contributed by atoms with Crippen LogP contribution in [0.15, 0.2) is 0 Å². The molecule has 2 heteroatoms. The van der Waals surface area contributed by atoms with E-state index in [1.807, 2.05) is 0 Å². The van der Waals surface area contributed by atoms with Crippen LogP contribution in [0.3, 0.4) is 0 Å². The molecule has 66 valence electrons. The molecule has 0 bridgehead atoms. The van der Waals surface area contributed by atoms with Crippen molar-refractivity contribution in [2.75, 3.05) is 19.1 Å². The minimum atomic E-state index is 0.726. The first-order valence-electron chi connectivity index (χ1n) is 4.57. The lowest BCUT2D eigenvalue weighted by atomic mass is 9.83. The molecule has 1 nitrogen and oxygen atoms in total. The summed E-state index contributed by atoms with van der Waals surface area (Å²) in [6, 6.07) is 0. The van der Waals surface area contributed by atoms with Gasteiger partial charge >= 0.3 is 0 Å². The van der Waals surface area contributed by atoms with Crippen molar-refractivity contribution in [3.63, 3.8) is 0 Å². The number of rotatable bonds is 6. The lowest BCUT2D eigenvalue weighted by Crippen LogP contribution is -2.13. The fourth-order valence-corrected chi connectivity index (χ4v) is 1.40. The molecule has 0 atom stereocenters. The predicted octanol–water partition coefficient (Wildman–Crippen LogP) is 2.82. The molecule has 0 aromatic carbocycles. The highest BCUT2D eigenvalue weighted by Crippen LogP contribution is 2.28. The average molecular weight is 177 g/mol. The van der Waals surface area contributed by atoms with E-state index >= 15 is 0 Å². The number of alkyl halides is 1. The van der Waals surface area contributed by atoms with E-state index in [-0.39, 0.29) is 0 Å². The Hall–Kier alpha value is 0.250. The number of halogens is 1. The first-order chi connectivity index (χ1) is 5.43. The van der Waals surface area contributed by atoms with E-state index in [4.69, 9.17) is 16.3 Å². The summed E-state index contributed by atoms with van der Waals surface area (Å²) in [5.41, 5.74) is 0. The summed E-state index contributed by atoms with van der Waals surface area (Å²) in [5, 5.41) is 0. The third-order valence-corrected chi connectivity index (χ3v) is 2.58. The molecule has 1 rings (SSSR count). The third-order valence-electron chi connectivity index (χ3n) is 2.32. The molecule has 0 spiro atoms. The van der Waals surface area contributed by atoms with Crippen LogP contribution < -0.4 is 0 Å². The average Bonchev–Trinajstić information content (AvgIpc) is 1.93. The smallest absolute Gasteiger partial charge is 0.0477 e. The van der Waals surface area contributed by atoms with Crippen LogP contribution >= 0.6 is 11.6 Å². The molecular weight excluding hydrogens is 160 g/mol. The summed E-state index contributed by atoms with van der Waals surface area (Å²) in [7, 11) is 0. The molecule has 1 fully saturated rings. The topological polar surface area (TPSA) is 9.23 Å². The molecule has 11 heavy (non-hydrogen) atoms. The standard InChI is InChI=1S/C9H17ClO/c10-6-2-7-11-8-5-9-3-1-4-9/h9H,1-8H2. The highest BCUT2D eigenvalue weighted by molar-refractivity contribution is 6.17. The van der Waals surface area contributed by atoms with Crippen LogP contribution in [-0.2, 0) is 4.74 Å². The first-order valence-corrected chi connectivity index (χ1v) is 5.10. The summed E-state index contributed by atoms with van der Waals surface area (Å²) in [6.45, 7) is 1.79. The summed E-state index contributed by atoms with van der Waals surface area (Å²) in [4.78, 5) is 0. The van der Waals surface area contributed by atoms with E-state index in [0.29, 0.717) is 0 Å². The van der Waals surface area contributed by atoms with Crippen LogP contribution in [0.5, 0.6) is 0 Å². The highest BCUT2D eigenvalue weighted by atomic mass is 35.5. The largest absolute Gasteiger partial charge is 0.381 e. The van der Waals surface area contributed by atoms with Gasteiger partial charge < -0.3 is 4.74 Å². The second-order valence-electron chi connectivity index (χ2n) is 3.24. The second-order valence-corrected chi connectivity index (χ2v) is 3.62. The molecule has 0 N–H and O–H groups in total. The summed E-state index contributed by atoms with van der Waals surface area (Å²) < 4.78 is 5.40. The molecule has 0 saturated heterocycles. The van der Waals surface area contributed by atoms with Gasteiger partial charge in [0.05, 0.1) is 0 Å². The van der Waals surface area contributed by atoms with Gasteiger partial charge in [0, 0.05) is 19.1 Å². The van der Waals surface area contributed by atoms with Gasteiger partial charge in [-0.2, -0.15) is 0 Å². The third kappa shape index (κ3) is 3.97. The van der Waals surface area contributed by atoms with Gasteiger partial charge in [-0.15, -0.1) is 11.6 Å². The van der Waals surface area contributed by atoms with Gasteiger partial charge in [-0.3, -0.25) is 0 Å². The number of hydrogen-bond donors (Lipinski definition) is 0. The van der Waals surface area contributed by atoms with Gasteiger partial charge in [0.1, 0.15) is 0 Å². The number of hydrogen-bond acceptors (Lipinski definition) is 1. The Balaban J connectivity index is 1.73. The maximum absolute atomic E-state index is 5.50. The maximum atomic E-state index is 5.50. The Morgan fingerprint density at radius 1 is 1.27 bits per heavy atom. The molecule has 0 aromatic heterocycles. The molecule has 0 heterocycles. The molecule has 0 unspecified atom stereocenters. The van der Waals surface area contributed by atoms with Crippen molar-refractivity contribution in [3.8, 4) is 0 Å². The van der Waals surface area contributed by atoms with Gasteiger partial charge in [-0.05, 0) is 18.8 Å². The van der Waals surface area contributed by atoms with E-state index in [9.17, 15) is 0 Å². The van der Waals surface area contributed by atoms with Crippen LogP contribution in [0, 0.1) is 5.92 Å². The minimum Gasteiger partial charge on any atom is -0.381 e. The summed E-state index contributed by atoms with van der Waals surface area (Å²) in [6.07, 6.45) is 6.55. The van der Waals surface area contributed by atoms with Crippen LogP contribution in [0.25, 0.3) is 0 Å². The highest BCUT2D eigenvalue weighted by Gasteiger charge is 2.16. The SMILES string of the molecule is ClCCCOCCC1CCC1. The molecular formula is C9H17ClO. The first kappa shape index (κ1) is 9.34. The Morgan fingerprint density at radius 3 is 2.64 bits per heavy atom. The molecule has 1 aliphatic rings. The number of ether oxygens (including phenoxy) is 1. The van der Waals surface area contributed by atoms with Crippen molar-refractivity contribution in [2.45, 2.75) is 32.1 Å². The quantitative estimate of drug-likeness (QED) is 0.447. The van der Waals surface area contributed by atoms with E-state index in [1.165, 1.54) is 25.7 Å². The fraction of sp³-hybridized carbons (Fsp3) is 1.00. The summed E-state index contributed by atoms with van der Waals surface area (Å²) in [5.74, 6) is 1.70. The normalized spacial score (nSPS) is 18.3. The van der Waals surface area contributed by atoms with Crippen molar-refractivity contribution in [1.29, 1.82) is 0 Å². The lowest BCUT2D eigenvalue weighted by molar-refractivity contribution is 0.107. The lowest BCUT2D eigenvalue weighted by Gasteiger charge is -2.24. The van der Waals surface area contributed by atoms with E-state index in [2.05, 4.69) is 0 Å². The van der Waals surface area contributed by atoms with E-state index in [1.54, 1.807) is 0 Å². The van der Waals surface area contributed by atoms with Gasteiger partial charge in [-0.1, -0.05) is 19.3 Å². The van der Waals surface area contributed by atoms with Crippen molar-refractivity contribution >= 4 is 11.6 Å².